The molecule has 3 nitrogen and oxygen atoms in total. The zero-order chi connectivity index (χ0) is 11.8. The number of carbonyl (C=O) groups excluding carboxylic acids is 1. The number of nitrogens with zero attached hydrogens (tertiary/aromatic N) is 1. The zero-order valence-electron chi connectivity index (χ0n) is 10.6. The van der Waals surface area contributed by atoms with Crippen LogP contribution in [0.1, 0.15) is 40.5 Å². The van der Waals surface area contributed by atoms with Gasteiger partial charge in [0.05, 0.1) is 0 Å². The topological polar surface area (TPSA) is 46.3 Å². The van der Waals surface area contributed by atoms with Crippen molar-refractivity contribution in [2.75, 3.05) is 19.6 Å². The molecule has 0 aliphatic rings. The first-order valence-electron chi connectivity index (χ1n) is 6.02. The first kappa shape index (κ1) is 14.4. The van der Waals surface area contributed by atoms with E-state index in [0.717, 1.165) is 19.5 Å². The van der Waals surface area contributed by atoms with Crippen LogP contribution in [0, 0.1) is 11.8 Å². The lowest BCUT2D eigenvalue weighted by Gasteiger charge is -2.25. The molecule has 2 N–H and O–H groups in total. The molecule has 0 aromatic carbocycles. The van der Waals surface area contributed by atoms with Gasteiger partial charge in [0.1, 0.15) is 0 Å². The molecule has 0 saturated carbocycles. The minimum Gasteiger partial charge on any atom is -0.343 e. The second-order valence-corrected chi connectivity index (χ2v) is 4.49. The number of rotatable bonds is 7. The first-order chi connectivity index (χ1) is 7.04. The zero-order valence-corrected chi connectivity index (χ0v) is 10.6. The van der Waals surface area contributed by atoms with E-state index in [-0.39, 0.29) is 5.91 Å². The van der Waals surface area contributed by atoms with Crippen molar-refractivity contribution in [3.63, 3.8) is 0 Å². The third-order valence-electron chi connectivity index (χ3n) is 2.89. The molecule has 0 radical (unpaired) electrons. The smallest absolute Gasteiger partial charge is 0.222 e. The molecular weight excluding hydrogens is 188 g/mol. The van der Waals surface area contributed by atoms with Crippen molar-refractivity contribution in [1.82, 2.24) is 4.90 Å². The van der Waals surface area contributed by atoms with E-state index >= 15 is 0 Å². The lowest BCUT2D eigenvalue weighted by Crippen LogP contribution is -2.37. The van der Waals surface area contributed by atoms with Crippen LogP contribution in [-0.2, 0) is 4.79 Å². The summed E-state index contributed by atoms with van der Waals surface area (Å²) in [6.45, 7) is 10.6. The van der Waals surface area contributed by atoms with Crippen LogP contribution in [0.2, 0.25) is 0 Å². The van der Waals surface area contributed by atoms with E-state index in [4.69, 9.17) is 5.73 Å². The highest BCUT2D eigenvalue weighted by Gasteiger charge is 2.16. The van der Waals surface area contributed by atoms with Crippen LogP contribution in [0.5, 0.6) is 0 Å². The monoisotopic (exact) mass is 214 g/mol. The van der Waals surface area contributed by atoms with E-state index < -0.39 is 0 Å². The molecule has 0 aliphatic carbocycles. The summed E-state index contributed by atoms with van der Waals surface area (Å²) < 4.78 is 0. The molecule has 2 unspecified atom stereocenters. The summed E-state index contributed by atoms with van der Waals surface area (Å²) in [5.74, 6) is 1.15. The van der Waals surface area contributed by atoms with E-state index in [1.165, 1.54) is 0 Å². The van der Waals surface area contributed by atoms with Gasteiger partial charge in [-0.15, -0.1) is 0 Å². The number of hydrogen-bond donors (Lipinski definition) is 1. The number of amides is 1. The van der Waals surface area contributed by atoms with Crippen LogP contribution in [0.4, 0.5) is 0 Å². The highest BCUT2D eigenvalue weighted by atomic mass is 16.2. The van der Waals surface area contributed by atoms with Gasteiger partial charge >= 0.3 is 0 Å². The number of carbonyl (C=O) groups is 1. The van der Waals surface area contributed by atoms with Crippen molar-refractivity contribution >= 4 is 5.91 Å². The normalized spacial score (nSPS) is 14.7. The largest absolute Gasteiger partial charge is 0.343 e. The predicted molar refractivity (Wildman–Crippen MR) is 64.5 cm³/mol. The predicted octanol–water partition coefficient (Wildman–Crippen LogP) is 1.87. The third kappa shape index (κ3) is 5.78. The molecule has 3 heteroatoms. The van der Waals surface area contributed by atoms with Gasteiger partial charge in [0.25, 0.3) is 0 Å². The van der Waals surface area contributed by atoms with Gasteiger partial charge in [0, 0.05) is 19.5 Å². The molecule has 0 aromatic rings. The molecular formula is C12H26N2O. The highest BCUT2D eigenvalue weighted by molar-refractivity contribution is 5.76. The van der Waals surface area contributed by atoms with Crippen molar-refractivity contribution in [2.24, 2.45) is 17.6 Å². The second kappa shape index (κ2) is 7.69. The van der Waals surface area contributed by atoms with Crippen LogP contribution in [0.15, 0.2) is 0 Å². The molecule has 1 amide bonds. The van der Waals surface area contributed by atoms with E-state index in [2.05, 4.69) is 20.8 Å². The average molecular weight is 214 g/mol. The van der Waals surface area contributed by atoms with E-state index in [1.807, 2.05) is 11.8 Å². The van der Waals surface area contributed by atoms with Gasteiger partial charge in [0.2, 0.25) is 5.91 Å². The van der Waals surface area contributed by atoms with Gasteiger partial charge in [0.15, 0.2) is 0 Å². The molecule has 0 aromatic heterocycles. The van der Waals surface area contributed by atoms with Crippen molar-refractivity contribution in [1.29, 1.82) is 0 Å². The van der Waals surface area contributed by atoms with Gasteiger partial charge in [-0.2, -0.15) is 0 Å². The highest BCUT2D eigenvalue weighted by Crippen LogP contribution is 2.10. The van der Waals surface area contributed by atoms with Gasteiger partial charge < -0.3 is 10.6 Å². The second-order valence-electron chi connectivity index (χ2n) is 4.49. The molecule has 2 atom stereocenters. The molecule has 15 heavy (non-hydrogen) atoms. The Kier molecular flexibility index (Phi) is 7.39. The molecule has 90 valence electrons. The maximum Gasteiger partial charge on any atom is 0.222 e. The van der Waals surface area contributed by atoms with Gasteiger partial charge in [-0.1, -0.05) is 27.2 Å². The summed E-state index contributed by atoms with van der Waals surface area (Å²) in [5, 5.41) is 0. The summed E-state index contributed by atoms with van der Waals surface area (Å²) in [6.07, 6.45) is 1.73. The molecule has 0 rings (SSSR count). The van der Waals surface area contributed by atoms with E-state index in [0.29, 0.717) is 24.8 Å². The number of hydrogen-bond acceptors (Lipinski definition) is 2. The SMILES string of the molecule is CCC(C)CC(=O)N(CC)CC(C)CN. The molecule has 0 fully saturated rings. The fourth-order valence-electron chi connectivity index (χ4n) is 1.43. The maximum absolute atomic E-state index is 11.9. The summed E-state index contributed by atoms with van der Waals surface area (Å²) in [5.41, 5.74) is 5.56. The Bertz CT molecular complexity index is 182. The third-order valence-corrected chi connectivity index (χ3v) is 2.89. The maximum atomic E-state index is 11.9. The van der Waals surface area contributed by atoms with E-state index in [1.54, 1.807) is 0 Å². The molecule has 0 heterocycles. The Morgan fingerprint density at radius 1 is 1.27 bits per heavy atom. The summed E-state index contributed by atoms with van der Waals surface area (Å²) in [7, 11) is 0. The standard InChI is InChI=1S/C12H26N2O/c1-5-10(3)7-12(15)14(6-2)9-11(4)8-13/h10-11H,5-9,13H2,1-4H3. The van der Waals surface area contributed by atoms with Crippen molar-refractivity contribution in [3.05, 3.63) is 0 Å². The Hall–Kier alpha value is -0.570. The fourth-order valence-corrected chi connectivity index (χ4v) is 1.43. The van der Waals surface area contributed by atoms with Crippen LogP contribution >= 0.6 is 0 Å². The number of nitrogens with two attached hydrogens (primary N) is 1. The van der Waals surface area contributed by atoms with Gasteiger partial charge in [-0.25, -0.2) is 0 Å². The molecule has 0 saturated heterocycles. The average Bonchev–Trinajstić information content (AvgIpc) is 2.24. The quantitative estimate of drug-likeness (QED) is 0.703. The Labute approximate surface area is 94.0 Å². The van der Waals surface area contributed by atoms with Crippen molar-refractivity contribution in [2.45, 2.75) is 40.5 Å². The Morgan fingerprint density at radius 2 is 1.87 bits per heavy atom. The fraction of sp³-hybridized carbons (Fsp3) is 0.917. The Morgan fingerprint density at radius 3 is 2.27 bits per heavy atom. The lowest BCUT2D eigenvalue weighted by molar-refractivity contribution is -0.132. The summed E-state index contributed by atoms with van der Waals surface area (Å²) in [6, 6.07) is 0. The first-order valence-corrected chi connectivity index (χ1v) is 6.02. The van der Waals surface area contributed by atoms with Gasteiger partial charge in [-0.3, -0.25) is 4.79 Å². The van der Waals surface area contributed by atoms with Crippen LogP contribution in [0.3, 0.4) is 0 Å². The van der Waals surface area contributed by atoms with Crippen LogP contribution in [0.25, 0.3) is 0 Å². The molecule has 0 bridgehead atoms. The minimum atomic E-state index is 0.271. The Balaban J connectivity index is 4.10. The minimum absolute atomic E-state index is 0.271. The van der Waals surface area contributed by atoms with Crippen molar-refractivity contribution in [3.8, 4) is 0 Å². The molecule has 0 spiro atoms. The van der Waals surface area contributed by atoms with E-state index in [9.17, 15) is 4.79 Å². The van der Waals surface area contributed by atoms with Crippen LogP contribution in [-0.4, -0.2) is 30.4 Å². The van der Waals surface area contributed by atoms with Gasteiger partial charge in [-0.05, 0) is 25.3 Å². The summed E-state index contributed by atoms with van der Waals surface area (Å²) >= 11 is 0. The molecule has 0 aliphatic heterocycles. The lowest BCUT2D eigenvalue weighted by atomic mass is 10.0. The van der Waals surface area contributed by atoms with Crippen LogP contribution < -0.4 is 5.73 Å². The summed E-state index contributed by atoms with van der Waals surface area (Å²) in [4.78, 5) is 13.8. The van der Waals surface area contributed by atoms with Crippen molar-refractivity contribution < 1.29 is 4.79 Å².